The van der Waals surface area contributed by atoms with Gasteiger partial charge >= 0.3 is 6.16 Å². The highest BCUT2D eigenvalue weighted by Gasteiger charge is 2.11. The number of hydrogen-bond donors (Lipinski definition) is 0. The number of hydrogen-bond acceptors (Lipinski definition) is 5. The van der Waals surface area contributed by atoms with Gasteiger partial charge in [-0.1, -0.05) is 45.1 Å². The fraction of sp³-hybridized carbons (Fsp3) is 0.381. The van der Waals surface area contributed by atoms with E-state index in [0.717, 1.165) is 24.5 Å². The molecule has 0 fully saturated rings. The number of unbranched alkanes of at least 4 members (excludes halogenated alkanes) is 5. The van der Waals surface area contributed by atoms with Gasteiger partial charge in [-0.3, -0.25) is 0 Å². The first-order chi connectivity index (χ1) is 13.1. The molecule has 2 rings (SSSR count). The summed E-state index contributed by atoms with van der Waals surface area (Å²) in [5.74, 6) is -0.697. The predicted molar refractivity (Wildman–Crippen MR) is 99.1 cm³/mol. The average Bonchev–Trinajstić information content (AvgIpc) is 2.66. The summed E-state index contributed by atoms with van der Waals surface area (Å²) in [6.07, 6.45) is 8.98. The summed E-state index contributed by atoms with van der Waals surface area (Å²) in [5.41, 5.74) is 0.957. The van der Waals surface area contributed by atoms with Crippen molar-refractivity contribution in [2.45, 2.75) is 51.9 Å². The number of pyridine rings is 1. The van der Waals surface area contributed by atoms with Crippen LogP contribution in [-0.4, -0.2) is 11.1 Å². The Hall–Kier alpha value is -2.94. The standard InChI is InChI=1S/C21H23FN2O3/c1-2-3-4-5-6-7-8-16-9-12-20(24-15-16)27-21(25)26-18-11-10-17(14-23)19(22)13-18/h9-13,15H,2-8H2,1H3. The van der Waals surface area contributed by atoms with Gasteiger partial charge in [-0.15, -0.1) is 0 Å². The summed E-state index contributed by atoms with van der Waals surface area (Å²) in [5, 5.41) is 8.68. The lowest BCUT2D eigenvalue weighted by molar-refractivity contribution is 0.150. The van der Waals surface area contributed by atoms with Gasteiger partial charge in [0.25, 0.3) is 0 Å². The topological polar surface area (TPSA) is 72.2 Å². The average molecular weight is 370 g/mol. The van der Waals surface area contributed by atoms with E-state index in [0.29, 0.717) is 0 Å². The van der Waals surface area contributed by atoms with Crippen molar-refractivity contribution in [3.05, 3.63) is 53.5 Å². The number of aryl methyl sites for hydroxylation is 1. The second kappa shape index (κ2) is 10.9. The molecule has 0 saturated carbocycles. The summed E-state index contributed by atoms with van der Waals surface area (Å²) >= 11 is 0. The van der Waals surface area contributed by atoms with Crippen LogP contribution in [0.1, 0.15) is 56.6 Å². The molecule has 6 heteroatoms. The fourth-order valence-electron chi connectivity index (χ4n) is 2.58. The molecule has 142 valence electrons. The Balaban J connectivity index is 1.77. The molecule has 0 aliphatic rings. The SMILES string of the molecule is CCCCCCCCc1ccc(OC(=O)Oc2ccc(C#N)c(F)c2)nc1. The highest BCUT2D eigenvalue weighted by atomic mass is 19.1. The van der Waals surface area contributed by atoms with Crippen molar-refractivity contribution in [2.24, 2.45) is 0 Å². The first-order valence-corrected chi connectivity index (χ1v) is 9.16. The van der Waals surface area contributed by atoms with Gasteiger partial charge in [-0.05, 0) is 30.5 Å². The van der Waals surface area contributed by atoms with Gasteiger partial charge in [0.1, 0.15) is 17.6 Å². The van der Waals surface area contributed by atoms with E-state index in [9.17, 15) is 9.18 Å². The predicted octanol–water partition coefficient (Wildman–Crippen LogP) is 5.57. The third-order valence-electron chi connectivity index (χ3n) is 4.07. The van der Waals surface area contributed by atoms with E-state index in [-0.39, 0.29) is 17.2 Å². The van der Waals surface area contributed by atoms with Gasteiger partial charge in [0.2, 0.25) is 5.88 Å². The van der Waals surface area contributed by atoms with Crippen LogP contribution in [0.25, 0.3) is 0 Å². The van der Waals surface area contributed by atoms with Crippen LogP contribution < -0.4 is 9.47 Å². The zero-order valence-electron chi connectivity index (χ0n) is 15.4. The molecule has 0 radical (unpaired) electrons. The molecule has 27 heavy (non-hydrogen) atoms. The van der Waals surface area contributed by atoms with E-state index in [2.05, 4.69) is 11.9 Å². The zero-order chi connectivity index (χ0) is 19.5. The number of carbonyl (C=O) groups excluding carboxylic acids is 1. The molecule has 1 aromatic carbocycles. The van der Waals surface area contributed by atoms with E-state index in [1.807, 2.05) is 6.07 Å². The Bertz CT molecular complexity index is 785. The molecule has 0 saturated heterocycles. The smallest absolute Gasteiger partial charge is 0.395 e. The van der Waals surface area contributed by atoms with E-state index in [4.69, 9.17) is 14.7 Å². The lowest BCUT2D eigenvalue weighted by atomic mass is 10.1. The van der Waals surface area contributed by atoms with Crippen LogP contribution in [0.5, 0.6) is 11.6 Å². The molecule has 0 unspecified atom stereocenters. The Morgan fingerprint density at radius 3 is 2.56 bits per heavy atom. The second-order valence-electron chi connectivity index (χ2n) is 6.23. The molecule has 1 aromatic heterocycles. The van der Waals surface area contributed by atoms with Gasteiger partial charge in [-0.2, -0.15) is 5.26 Å². The molecular weight excluding hydrogens is 347 g/mol. The summed E-state index contributed by atoms with van der Waals surface area (Å²) in [4.78, 5) is 15.9. The van der Waals surface area contributed by atoms with Crippen molar-refractivity contribution in [3.63, 3.8) is 0 Å². The van der Waals surface area contributed by atoms with Crippen molar-refractivity contribution in [3.8, 4) is 17.7 Å². The molecule has 0 aliphatic heterocycles. The number of ether oxygens (including phenoxy) is 2. The van der Waals surface area contributed by atoms with Gasteiger partial charge in [0.15, 0.2) is 0 Å². The summed E-state index contributed by atoms with van der Waals surface area (Å²) in [6, 6.07) is 8.66. The third-order valence-corrected chi connectivity index (χ3v) is 4.07. The van der Waals surface area contributed by atoms with Crippen LogP contribution in [0.2, 0.25) is 0 Å². The summed E-state index contributed by atoms with van der Waals surface area (Å²) < 4.78 is 23.4. The largest absolute Gasteiger partial charge is 0.520 e. The quantitative estimate of drug-likeness (QED) is 0.328. The number of nitrogens with zero attached hydrogens (tertiary/aromatic N) is 2. The molecule has 2 aromatic rings. The maximum Gasteiger partial charge on any atom is 0.520 e. The maximum atomic E-state index is 13.5. The third kappa shape index (κ3) is 7.06. The fourth-order valence-corrected chi connectivity index (χ4v) is 2.58. The van der Waals surface area contributed by atoms with Crippen LogP contribution in [0.15, 0.2) is 36.5 Å². The molecule has 0 bridgehead atoms. The molecule has 0 amide bonds. The number of halogens is 1. The number of carbonyl (C=O) groups is 1. The lowest BCUT2D eigenvalue weighted by Gasteiger charge is -2.06. The van der Waals surface area contributed by atoms with Gasteiger partial charge in [-0.25, -0.2) is 14.2 Å². The number of benzene rings is 1. The van der Waals surface area contributed by atoms with Crippen LogP contribution >= 0.6 is 0 Å². The van der Waals surface area contributed by atoms with Crippen molar-refractivity contribution in [2.75, 3.05) is 0 Å². The minimum absolute atomic E-state index is 0.0452. The van der Waals surface area contributed by atoms with Crippen molar-refractivity contribution < 1.29 is 18.7 Å². The first kappa shape index (κ1) is 20.4. The molecule has 0 N–H and O–H groups in total. The van der Waals surface area contributed by atoms with Crippen molar-refractivity contribution >= 4 is 6.16 Å². The number of rotatable bonds is 9. The van der Waals surface area contributed by atoms with Crippen LogP contribution in [-0.2, 0) is 6.42 Å². The van der Waals surface area contributed by atoms with E-state index < -0.39 is 12.0 Å². The monoisotopic (exact) mass is 370 g/mol. The highest BCUT2D eigenvalue weighted by molar-refractivity contribution is 5.66. The normalized spacial score (nSPS) is 10.3. The lowest BCUT2D eigenvalue weighted by Crippen LogP contribution is -2.14. The highest BCUT2D eigenvalue weighted by Crippen LogP contribution is 2.17. The first-order valence-electron chi connectivity index (χ1n) is 9.16. The van der Waals surface area contributed by atoms with Crippen molar-refractivity contribution in [1.82, 2.24) is 4.98 Å². The Morgan fingerprint density at radius 1 is 1.11 bits per heavy atom. The van der Waals surface area contributed by atoms with Gasteiger partial charge < -0.3 is 9.47 Å². The van der Waals surface area contributed by atoms with Crippen LogP contribution in [0, 0.1) is 17.1 Å². The van der Waals surface area contributed by atoms with E-state index >= 15 is 0 Å². The van der Waals surface area contributed by atoms with Crippen molar-refractivity contribution in [1.29, 1.82) is 5.26 Å². The Kier molecular flexibility index (Phi) is 8.24. The number of nitriles is 1. The molecular formula is C21H23FN2O3. The zero-order valence-corrected chi connectivity index (χ0v) is 15.4. The second-order valence-corrected chi connectivity index (χ2v) is 6.23. The minimum atomic E-state index is -1.02. The summed E-state index contributed by atoms with van der Waals surface area (Å²) in [7, 11) is 0. The van der Waals surface area contributed by atoms with E-state index in [1.165, 1.54) is 44.2 Å². The molecule has 5 nitrogen and oxygen atoms in total. The number of aromatic nitrogens is 1. The summed E-state index contributed by atoms with van der Waals surface area (Å²) in [6.45, 7) is 2.20. The molecule has 0 spiro atoms. The van der Waals surface area contributed by atoms with E-state index in [1.54, 1.807) is 18.3 Å². The Morgan fingerprint density at radius 2 is 1.89 bits per heavy atom. The molecule has 0 atom stereocenters. The van der Waals surface area contributed by atoms with Crippen LogP contribution in [0.4, 0.5) is 9.18 Å². The van der Waals surface area contributed by atoms with Gasteiger partial charge in [0, 0.05) is 18.3 Å². The minimum Gasteiger partial charge on any atom is -0.395 e. The molecule has 0 aliphatic carbocycles. The molecule has 1 heterocycles. The van der Waals surface area contributed by atoms with Crippen LogP contribution in [0.3, 0.4) is 0 Å². The van der Waals surface area contributed by atoms with Gasteiger partial charge in [0.05, 0.1) is 5.56 Å². The maximum absolute atomic E-state index is 13.5. The Labute approximate surface area is 158 Å².